The molecule has 3 nitrogen and oxygen atoms in total. The van der Waals surface area contributed by atoms with Crippen LogP contribution in [-0.4, -0.2) is 24.1 Å². The summed E-state index contributed by atoms with van der Waals surface area (Å²) < 4.78 is 11.8. The zero-order valence-corrected chi connectivity index (χ0v) is 10.2. The first-order chi connectivity index (χ1) is 6.74. The van der Waals surface area contributed by atoms with Crippen molar-refractivity contribution in [2.24, 2.45) is 5.92 Å². The molecule has 1 saturated carbocycles. The third-order valence-corrected chi connectivity index (χ3v) is 4.21. The van der Waals surface area contributed by atoms with Gasteiger partial charge in [0.2, 0.25) is 0 Å². The topological polar surface area (TPSA) is 35.5 Å². The summed E-state index contributed by atoms with van der Waals surface area (Å²) in [6.07, 6.45) is 0.609. The van der Waals surface area contributed by atoms with Gasteiger partial charge in [-0.1, -0.05) is 6.92 Å². The van der Waals surface area contributed by atoms with Crippen LogP contribution < -0.4 is 0 Å². The highest BCUT2D eigenvalue weighted by atomic mass is 16.7. The minimum Gasteiger partial charge on any atom is -0.403 e. The summed E-state index contributed by atoms with van der Waals surface area (Å²) in [5.41, 5.74) is -0.563. The van der Waals surface area contributed by atoms with Gasteiger partial charge >= 0.3 is 7.12 Å². The molecule has 1 heterocycles. The lowest BCUT2D eigenvalue weighted by Crippen LogP contribution is -2.42. The molecule has 2 unspecified atom stereocenters. The molecule has 0 aromatic rings. The van der Waals surface area contributed by atoms with Crippen molar-refractivity contribution in [1.29, 1.82) is 0 Å². The molecule has 1 aliphatic heterocycles. The average molecular weight is 210 g/mol. The third-order valence-electron chi connectivity index (χ3n) is 4.21. The number of Topliss-reactive ketones (excluding diaryl/α,β-unsaturated/α-hetero) is 1. The SMILES string of the molecule is CC1C(=O)CC1B1OC(C)(C)C(C)(C)O1. The quantitative estimate of drug-likeness (QED) is 0.621. The Hall–Kier alpha value is -0.345. The Bertz CT molecular complexity index is 282. The molecule has 0 radical (unpaired) electrons. The van der Waals surface area contributed by atoms with Crippen LogP contribution in [0.5, 0.6) is 0 Å². The summed E-state index contributed by atoms with van der Waals surface area (Å²) in [7, 11) is -0.206. The fourth-order valence-electron chi connectivity index (χ4n) is 2.07. The molecule has 0 amide bonds. The van der Waals surface area contributed by atoms with Crippen LogP contribution in [-0.2, 0) is 14.1 Å². The van der Waals surface area contributed by atoms with E-state index >= 15 is 0 Å². The summed E-state index contributed by atoms with van der Waals surface area (Å²) in [6.45, 7) is 10.1. The van der Waals surface area contributed by atoms with E-state index in [1.807, 2.05) is 34.6 Å². The number of carbonyl (C=O) groups excluding carboxylic acids is 1. The second-order valence-electron chi connectivity index (χ2n) is 5.75. The van der Waals surface area contributed by atoms with Gasteiger partial charge in [-0.2, -0.15) is 0 Å². The molecule has 2 rings (SSSR count). The van der Waals surface area contributed by atoms with Gasteiger partial charge in [-0.05, 0) is 27.7 Å². The predicted molar refractivity (Wildman–Crippen MR) is 58.6 cm³/mol. The van der Waals surface area contributed by atoms with Gasteiger partial charge in [-0.3, -0.25) is 4.79 Å². The van der Waals surface area contributed by atoms with E-state index in [2.05, 4.69) is 0 Å². The zero-order valence-electron chi connectivity index (χ0n) is 10.2. The first kappa shape index (κ1) is 11.1. The van der Waals surface area contributed by atoms with E-state index in [-0.39, 0.29) is 30.1 Å². The Morgan fingerprint density at radius 1 is 1.20 bits per heavy atom. The molecule has 84 valence electrons. The molecule has 0 aromatic carbocycles. The van der Waals surface area contributed by atoms with E-state index in [4.69, 9.17) is 9.31 Å². The molecule has 2 atom stereocenters. The monoisotopic (exact) mass is 210 g/mol. The van der Waals surface area contributed by atoms with E-state index in [1.165, 1.54) is 0 Å². The lowest BCUT2D eigenvalue weighted by Gasteiger charge is -2.33. The van der Waals surface area contributed by atoms with Crippen LogP contribution in [0.4, 0.5) is 0 Å². The molecule has 15 heavy (non-hydrogen) atoms. The normalized spacial score (nSPS) is 37.9. The molecular weight excluding hydrogens is 191 g/mol. The molecule has 0 spiro atoms. The van der Waals surface area contributed by atoms with Crippen LogP contribution in [0.25, 0.3) is 0 Å². The summed E-state index contributed by atoms with van der Waals surface area (Å²) in [5.74, 6) is 0.674. The van der Waals surface area contributed by atoms with Crippen LogP contribution >= 0.6 is 0 Å². The number of hydrogen-bond donors (Lipinski definition) is 0. The van der Waals surface area contributed by atoms with Crippen LogP contribution in [0.2, 0.25) is 5.82 Å². The average Bonchev–Trinajstić information content (AvgIpc) is 2.31. The minimum absolute atomic E-state index is 0.0969. The summed E-state index contributed by atoms with van der Waals surface area (Å²) >= 11 is 0. The first-order valence-electron chi connectivity index (χ1n) is 5.63. The Labute approximate surface area is 91.7 Å². The zero-order chi connectivity index (χ0) is 11.4. The van der Waals surface area contributed by atoms with Gasteiger partial charge in [-0.25, -0.2) is 0 Å². The van der Waals surface area contributed by atoms with Gasteiger partial charge in [0.05, 0.1) is 11.2 Å². The van der Waals surface area contributed by atoms with Gasteiger partial charge in [0.25, 0.3) is 0 Å². The summed E-state index contributed by atoms with van der Waals surface area (Å²) in [6, 6.07) is 0. The second kappa shape index (κ2) is 3.08. The van der Waals surface area contributed by atoms with Crippen molar-refractivity contribution in [2.45, 2.75) is 58.1 Å². The molecule has 1 aliphatic carbocycles. The first-order valence-corrected chi connectivity index (χ1v) is 5.63. The number of ketones is 1. The lowest BCUT2D eigenvalue weighted by atomic mass is 9.54. The standard InChI is InChI=1S/C11H19BO3/c1-7-8(6-9(7)13)12-14-10(2,3)11(4,5)15-12/h7-8H,6H2,1-5H3. The van der Waals surface area contributed by atoms with Crippen LogP contribution in [0.15, 0.2) is 0 Å². The van der Waals surface area contributed by atoms with Gasteiger partial charge in [0.1, 0.15) is 5.78 Å². The molecule has 4 heteroatoms. The number of carbonyl (C=O) groups is 1. The molecular formula is C11H19BO3. The number of rotatable bonds is 1. The van der Waals surface area contributed by atoms with Crippen LogP contribution in [0, 0.1) is 5.92 Å². The van der Waals surface area contributed by atoms with Gasteiger partial charge in [-0.15, -0.1) is 0 Å². The van der Waals surface area contributed by atoms with E-state index in [0.29, 0.717) is 12.2 Å². The molecule has 1 saturated heterocycles. The summed E-state index contributed by atoms with van der Waals surface area (Å²) in [4.78, 5) is 11.2. The molecule has 0 N–H and O–H groups in total. The molecule has 0 bridgehead atoms. The third kappa shape index (κ3) is 1.54. The van der Waals surface area contributed by atoms with Crippen molar-refractivity contribution >= 4 is 12.9 Å². The van der Waals surface area contributed by atoms with Crippen molar-refractivity contribution in [1.82, 2.24) is 0 Å². The highest BCUT2D eigenvalue weighted by Gasteiger charge is 2.58. The van der Waals surface area contributed by atoms with Crippen LogP contribution in [0.1, 0.15) is 41.0 Å². The maximum Gasteiger partial charge on any atom is 0.462 e. The van der Waals surface area contributed by atoms with Crippen LogP contribution in [0.3, 0.4) is 0 Å². The highest BCUT2D eigenvalue weighted by molar-refractivity contribution is 6.49. The van der Waals surface area contributed by atoms with E-state index in [1.54, 1.807) is 0 Å². The smallest absolute Gasteiger partial charge is 0.403 e. The highest BCUT2D eigenvalue weighted by Crippen LogP contribution is 2.47. The van der Waals surface area contributed by atoms with E-state index < -0.39 is 0 Å². The van der Waals surface area contributed by atoms with Gasteiger partial charge in [0.15, 0.2) is 0 Å². The van der Waals surface area contributed by atoms with Crippen molar-refractivity contribution < 1.29 is 14.1 Å². The van der Waals surface area contributed by atoms with Crippen molar-refractivity contribution in [3.05, 3.63) is 0 Å². The van der Waals surface area contributed by atoms with E-state index in [0.717, 1.165) is 0 Å². The fourth-order valence-corrected chi connectivity index (χ4v) is 2.07. The lowest BCUT2D eigenvalue weighted by molar-refractivity contribution is -0.128. The Morgan fingerprint density at radius 2 is 1.67 bits per heavy atom. The van der Waals surface area contributed by atoms with Gasteiger partial charge < -0.3 is 9.31 Å². The number of hydrogen-bond acceptors (Lipinski definition) is 3. The Balaban J connectivity index is 2.07. The largest absolute Gasteiger partial charge is 0.462 e. The maximum absolute atomic E-state index is 11.2. The van der Waals surface area contributed by atoms with Gasteiger partial charge in [0, 0.05) is 18.2 Å². The van der Waals surface area contributed by atoms with Crippen molar-refractivity contribution in [3.63, 3.8) is 0 Å². The van der Waals surface area contributed by atoms with Crippen molar-refractivity contribution in [2.75, 3.05) is 0 Å². The Morgan fingerprint density at radius 3 is 2.00 bits per heavy atom. The molecule has 2 fully saturated rings. The Kier molecular flexibility index (Phi) is 2.29. The fraction of sp³-hybridized carbons (Fsp3) is 0.909. The molecule has 2 aliphatic rings. The molecule has 0 aromatic heterocycles. The second-order valence-corrected chi connectivity index (χ2v) is 5.75. The van der Waals surface area contributed by atoms with E-state index in [9.17, 15) is 4.79 Å². The summed E-state index contributed by atoms with van der Waals surface area (Å²) in [5, 5.41) is 0. The van der Waals surface area contributed by atoms with Crippen molar-refractivity contribution in [3.8, 4) is 0 Å². The predicted octanol–water partition coefficient (Wildman–Crippen LogP) is 2.06. The minimum atomic E-state index is -0.282. The maximum atomic E-state index is 11.2.